The number of carbonyl (C=O) groups is 1. The molecule has 1 amide bonds. The monoisotopic (exact) mass is 365 g/mol. The van der Waals surface area contributed by atoms with E-state index in [0.717, 1.165) is 26.9 Å². The number of benzene rings is 3. The van der Waals surface area contributed by atoms with Crippen LogP contribution in [0.4, 0.5) is 5.69 Å². The van der Waals surface area contributed by atoms with Gasteiger partial charge in [-0.2, -0.15) is 0 Å². The van der Waals surface area contributed by atoms with Crippen molar-refractivity contribution in [1.29, 1.82) is 0 Å². The fourth-order valence-electron chi connectivity index (χ4n) is 2.49. The molecule has 0 radical (unpaired) electrons. The molecule has 0 saturated carbocycles. The molecule has 0 heterocycles. The number of carbonyl (C=O) groups excluding carboxylic acids is 1. The molecule has 0 aliphatic rings. The summed E-state index contributed by atoms with van der Waals surface area (Å²) < 4.78 is 0.979. The van der Waals surface area contributed by atoms with Gasteiger partial charge in [0.2, 0.25) is 5.91 Å². The van der Waals surface area contributed by atoms with Crippen LogP contribution in [-0.2, 0) is 11.2 Å². The highest BCUT2D eigenvalue weighted by molar-refractivity contribution is 9.10. The molecule has 23 heavy (non-hydrogen) atoms. The number of halogens is 1. The van der Waals surface area contributed by atoms with Crippen LogP contribution < -0.4 is 5.32 Å². The molecule has 3 aromatic carbocycles. The number of anilines is 1. The average Bonchev–Trinajstić information content (AvgIpc) is 2.56. The summed E-state index contributed by atoms with van der Waals surface area (Å²) >= 11 is 3.43. The van der Waals surface area contributed by atoms with Crippen LogP contribution >= 0.6 is 15.9 Å². The van der Waals surface area contributed by atoms with Crippen LogP contribution in [0.25, 0.3) is 11.1 Å². The van der Waals surface area contributed by atoms with Gasteiger partial charge in [0.1, 0.15) is 0 Å². The maximum atomic E-state index is 12.4. The summed E-state index contributed by atoms with van der Waals surface area (Å²) in [5, 5.41) is 3.02. The molecule has 0 bridgehead atoms. The van der Waals surface area contributed by atoms with E-state index in [9.17, 15) is 4.79 Å². The molecule has 3 heteroatoms. The molecule has 0 aliphatic carbocycles. The lowest BCUT2D eigenvalue weighted by molar-refractivity contribution is -0.115. The lowest BCUT2D eigenvalue weighted by Crippen LogP contribution is -2.15. The molecular weight excluding hydrogens is 350 g/mol. The normalized spacial score (nSPS) is 10.3. The first-order valence-electron chi connectivity index (χ1n) is 7.41. The second-order valence-electron chi connectivity index (χ2n) is 5.27. The van der Waals surface area contributed by atoms with Gasteiger partial charge in [0.25, 0.3) is 0 Å². The zero-order valence-electron chi connectivity index (χ0n) is 12.5. The zero-order valence-corrected chi connectivity index (χ0v) is 14.1. The Morgan fingerprint density at radius 2 is 1.61 bits per heavy atom. The third kappa shape index (κ3) is 4.08. The van der Waals surface area contributed by atoms with Crippen molar-refractivity contribution in [3.05, 3.63) is 88.9 Å². The van der Waals surface area contributed by atoms with Crippen molar-refractivity contribution in [1.82, 2.24) is 0 Å². The van der Waals surface area contributed by atoms with Gasteiger partial charge in [0, 0.05) is 15.7 Å². The first-order valence-corrected chi connectivity index (χ1v) is 8.20. The van der Waals surface area contributed by atoms with Crippen molar-refractivity contribution in [3.8, 4) is 11.1 Å². The molecule has 0 fully saturated rings. The van der Waals surface area contributed by atoms with Crippen LogP contribution in [-0.4, -0.2) is 5.91 Å². The Bertz CT molecular complexity index is 815. The SMILES string of the molecule is O=C(Cc1cccc(Br)c1)Nc1ccccc1-c1ccccc1. The quantitative estimate of drug-likeness (QED) is 0.667. The van der Waals surface area contributed by atoms with Gasteiger partial charge in [-0.25, -0.2) is 0 Å². The summed E-state index contributed by atoms with van der Waals surface area (Å²) in [6.07, 6.45) is 0.350. The molecule has 1 N–H and O–H groups in total. The second kappa shape index (κ2) is 7.25. The van der Waals surface area contributed by atoms with Gasteiger partial charge in [0.05, 0.1) is 6.42 Å². The van der Waals surface area contributed by atoms with Gasteiger partial charge >= 0.3 is 0 Å². The molecule has 2 nitrogen and oxygen atoms in total. The summed E-state index contributed by atoms with van der Waals surface area (Å²) in [6.45, 7) is 0. The van der Waals surface area contributed by atoms with Gasteiger partial charge in [-0.1, -0.05) is 76.6 Å². The first kappa shape index (κ1) is 15.5. The predicted octanol–water partition coefficient (Wildman–Crippen LogP) is 5.30. The third-order valence-corrected chi connectivity index (χ3v) is 4.03. The summed E-state index contributed by atoms with van der Waals surface area (Å²) in [7, 11) is 0. The molecule has 114 valence electrons. The number of hydrogen-bond acceptors (Lipinski definition) is 1. The third-order valence-electron chi connectivity index (χ3n) is 3.54. The molecule has 3 aromatic rings. The van der Waals surface area contributed by atoms with Crippen molar-refractivity contribution < 1.29 is 4.79 Å². The van der Waals surface area contributed by atoms with E-state index in [2.05, 4.69) is 21.2 Å². The number of nitrogens with one attached hydrogen (secondary N) is 1. The highest BCUT2D eigenvalue weighted by Crippen LogP contribution is 2.27. The number of hydrogen-bond donors (Lipinski definition) is 1. The van der Waals surface area contributed by atoms with E-state index >= 15 is 0 Å². The molecule has 3 rings (SSSR count). The Morgan fingerprint density at radius 1 is 0.870 bits per heavy atom. The first-order chi connectivity index (χ1) is 11.2. The Balaban J connectivity index is 1.79. The summed E-state index contributed by atoms with van der Waals surface area (Å²) in [4.78, 5) is 12.4. The van der Waals surface area contributed by atoms with Crippen molar-refractivity contribution in [3.63, 3.8) is 0 Å². The van der Waals surface area contributed by atoms with Crippen LogP contribution in [0.5, 0.6) is 0 Å². The average molecular weight is 366 g/mol. The Morgan fingerprint density at radius 3 is 2.39 bits per heavy atom. The van der Waals surface area contributed by atoms with Crippen molar-refractivity contribution in [2.45, 2.75) is 6.42 Å². The molecule has 0 spiro atoms. The van der Waals surface area contributed by atoms with Gasteiger partial charge in [-0.15, -0.1) is 0 Å². The fourth-order valence-corrected chi connectivity index (χ4v) is 2.93. The molecule has 0 atom stereocenters. The lowest BCUT2D eigenvalue weighted by Gasteiger charge is -2.11. The standard InChI is InChI=1S/C20H16BrNO/c21-17-10-6-7-15(13-17)14-20(23)22-19-12-5-4-11-18(19)16-8-2-1-3-9-16/h1-13H,14H2,(H,22,23). The zero-order chi connectivity index (χ0) is 16.1. The molecule has 0 unspecified atom stereocenters. The summed E-state index contributed by atoms with van der Waals surface area (Å²) in [5.74, 6) is -0.0218. The van der Waals surface area contributed by atoms with E-state index in [4.69, 9.17) is 0 Å². The maximum Gasteiger partial charge on any atom is 0.228 e. The van der Waals surface area contributed by atoms with E-state index < -0.39 is 0 Å². The highest BCUT2D eigenvalue weighted by atomic mass is 79.9. The van der Waals surface area contributed by atoms with E-state index in [1.54, 1.807) is 0 Å². The van der Waals surface area contributed by atoms with Gasteiger partial charge < -0.3 is 5.32 Å². The van der Waals surface area contributed by atoms with Gasteiger partial charge in [-0.05, 0) is 29.3 Å². The smallest absolute Gasteiger partial charge is 0.228 e. The minimum absolute atomic E-state index is 0.0218. The second-order valence-corrected chi connectivity index (χ2v) is 6.18. The van der Waals surface area contributed by atoms with E-state index in [1.165, 1.54) is 0 Å². The fraction of sp³-hybridized carbons (Fsp3) is 0.0500. The summed E-state index contributed by atoms with van der Waals surface area (Å²) in [5.41, 5.74) is 3.93. The maximum absolute atomic E-state index is 12.4. The lowest BCUT2D eigenvalue weighted by atomic mass is 10.0. The minimum Gasteiger partial charge on any atom is -0.325 e. The number of rotatable bonds is 4. The molecule has 0 aliphatic heterocycles. The van der Waals surface area contributed by atoms with Crippen LogP contribution in [0.3, 0.4) is 0 Å². The van der Waals surface area contributed by atoms with Gasteiger partial charge in [-0.3, -0.25) is 4.79 Å². The number of para-hydroxylation sites is 1. The van der Waals surface area contributed by atoms with E-state index in [0.29, 0.717) is 6.42 Å². The van der Waals surface area contributed by atoms with Gasteiger partial charge in [0.15, 0.2) is 0 Å². The van der Waals surface area contributed by atoms with Crippen molar-refractivity contribution in [2.75, 3.05) is 5.32 Å². The van der Waals surface area contributed by atoms with Crippen LogP contribution in [0, 0.1) is 0 Å². The van der Waals surface area contributed by atoms with E-state index in [1.807, 2.05) is 78.9 Å². The minimum atomic E-state index is -0.0218. The van der Waals surface area contributed by atoms with Crippen LogP contribution in [0.2, 0.25) is 0 Å². The Labute approximate surface area is 144 Å². The van der Waals surface area contributed by atoms with E-state index in [-0.39, 0.29) is 5.91 Å². The van der Waals surface area contributed by atoms with Crippen molar-refractivity contribution in [2.24, 2.45) is 0 Å². The largest absolute Gasteiger partial charge is 0.325 e. The topological polar surface area (TPSA) is 29.1 Å². The van der Waals surface area contributed by atoms with Crippen LogP contribution in [0.15, 0.2) is 83.3 Å². The molecular formula is C20H16BrNO. The number of amides is 1. The Hall–Kier alpha value is -2.39. The highest BCUT2D eigenvalue weighted by Gasteiger charge is 2.09. The molecule has 0 aromatic heterocycles. The molecule has 0 saturated heterocycles. The van der Waals surface area contributed by atoms with Crippen LogP contribution in [0.1, 0.15) is 5.56 Å². The summed E-state index contributed by atoms with van der Waals surface area (Å²) in [6, 6.07) is 25.7. The predicted molar refractivity (Wildman–Crippen MR) is 98.4 cm³/mol. The van der Waals surface area contributed by atoms with Crippen molar-refractivity contribution >= 4 is 27.5 Å². The Kier molecular flexibility index (Phi) is 4.89.